The van der Waals surface area contributed by atoms with Crippen LogP contribution < -0.4 is 0 Å². The predicted molar refractivity (Wildman–Crippen MR) is 258 cm³/mol. The Labute approximate surface area is 364 Å². The van der Waals surface area contributed by atoms with E-state index >= 15 is 0 Å². The fourth-order valence-corrected chi connectivity index (χ4v) is 11.6. The number of thiophene rings is 1. The zero-order chi connectivity index (χ0) is 40.8. The molecular weight excluding hydrogens is 769 g/mol. The second-order valence-electron chi connectivity index (χ2n) is 16.4. The van der Waals surface area contributed by atoms with Gasteiger partial charge in [-0.05, 0) is 97.1 Å². The van der Waals surface area contributed by atoms with E-state index < -0.39 is 5.41 Å². The van der Waals surface area contributed by atoms with Crippen molar-refractivity contribution >= 4 is 31.5 Å². The van der Waals surface area contributed by atoms with Crippen LogP contribution in [-0.4, -0.2) is 9.97 Å². The van der Waals surface area contributed by atoms with Crippen molar-refractivity contribution in [1.82, 2.24) is 9.97 Å². The molecule has 0 bridgehead atoms. The predicted octanol–water partition coefficient (Wildman–Crippen LogP) is 15.5. The average molecular weight is 805 g/mol. The molecule has 0 aliphatic heterocycles. The standard InChI is InChI=1S/C59H36N2S/c1-2-15-37(16-3-1)38-17-14-18-39(33-38)54-36-55(40-29-31-48-47-24-9-13-28-56(47)62-57(48)35-40)61-58(60-54)41-30-32-53-49(34-41)46-23-8-12-27-52(46)59(53)50-25-10-6-21-44(50)42-19-4-5-20-43(42)45-22-7-11-26-51(45)59/h1-36H. The fraction of sp³-hybridized carbons (Fsp3) is 0.0169. The van der Waals surface area contributed by atoms with Gasteiger partial charge in [0, 0.05) is 36.9 Å². The molecule has 0 N–H and O–H groups in total. The molecule has 13 rings (SSSR count). The molecule has 0 saturated carbocycles. The van der Waals surface area contributed by atoms with E-state index in [0.717, 1.165) is 33.6 Å². The van der Waals surface area contributed by atoms with Crippen molar-refractivity contribution in [1.29, 1.82) is 0 Å². The molecule has 2 aromatic heterocycles. The van der Waals surface area contributed by atoms with Crippen molar-refractivity contribution in [3.05, 3.63) is 241 Å². The molecule has 0 unspecified atom stereocenters. The van der Waals surface area contributed by atoms with E-state index in [4.69, 9.17) is 9.97 Å². The Hall–Kier alpha value is -7.72. The maximum atomic E-state index is 5.43. The molecule has 3 heteroatoms. The van der Waals surface area contributed by atoms with E-state index in [-0.39, 0.29) is 0 Å². The number of nitrogens with zero attached hydrogens (tertiary/aromatic N) is 2. The molecule has 0 fully saturated rings. The summed E-state index contributed by atoms with van der Waals surface area (Å²) in [5, 5.41) is 2.57. The Kier molecular flexibility index (Phi) is 7.72. The van der Waals surface area contributed by atoms with Gasteiger partial charge in [-0.15, -0.1) is 11.3 Å². The van der Waals surface area contributed by atoms with Gasteiger partial charge < -0.3 is 0 Å². The lowest BCUT2D eigenvalue weighted by Crippen LogP contribution is -2.29. The molecule has 0 atom stereocenters. The summed E-state index contributed by atoms with van der Waals surface area (Å²) in [5.74, 6) is 0.703. The Morgan fingerprint density at radius 2 is 0.790 bits per heavy atom. The zero-order valence-corrected chi connectivity index (χ0v) is 34.4. The van der Waals surface area contributed by atoms with Gasteiger partial charge in [0.2, 0.25) is 0 Å². The summed E-state index contributed by atoms with van der Waals surface area (Å²) >= 11 is 1.83. The quantitative estimate of drug-likeness (QED) is 0.177. The van der Waals surface area contributed by atoms with Crippen molar-refractivity contribution in [3.63, 3.8) is 0 Å². The molecule has 9 aromatic carbocycles. The van der Waals surface area contributed by atoms with E-state index in [1.807, 2.05) is 11.3 Å². The second kappa shape index (κ2) is 13.7. The molecule has 2 heterocycles. The lowest BCUT2D eigenvalue weighted by molar-refractivity contribution is 0.775. The topological polar surface area (TPSA) is 25.8 Å². The number of rotatable bonds is 4. The van der Waals surface area contributed by atoms with Gasteiger partial charge in [-0.1, -0.05) is 188 Å². The molecular formula is C59H36N2S. The number of fused-ring (bicyclic) bond motifs is 15. The summed E-state index contributed by atoms with van der Waals surface area (Å²) in [4.78, 5) is 10.9. The van der Waals surface area contributed by atoms with E-state index in [0.29, 0.717) is 5.82 Å². The number of hydrogen-bond acceptors (Lipinski definition) is 3. The summed E-state index contributed by atoms with van der Waals surface area (Å²) in [6.45, 7) is 0. The van der Waals surface area contributed by atoms with Crippen LogP contribution in [0.5, 0.6) is 0 Å². The second-order valence-corrected chi connectivity index (χ2v) is 17.5. The van der Waals surface area contributed by atoms with Crippen molar-refractivity contribution in [2.24, 2.45) is 0 Å². The molecule has 0 radical (unpaired) electrons. The smallest absolute Gasteiger partial charge is 0.160 e. The van der Waals surface area contributed by atoms with Gasteiger partial charge in [-0.2, -0.15) is 0 Å². The first-order valence-electron chi connectivity index (χ1n) is 21.2. The summed E-state index contributed by atoms with van der Waals surface area (Å²) < 4.78 is 2.54. The first kappa shape index (κ1) is 35.1. The van der Waals surface area contributed by atoms with Gasteiger partial charge in [-0.3, -0.25) is 0 Å². The Bertz CT molecular complexity index is 3530. The van der Waals surface area contributed by atoms with Gasteiger partial charge in [-0.25, -0.2) is 9.97 Å². The molecule has 2 nitrogen and oxygen atoms in total. The van der Waals surface area contributed by atoms with Crippen LogP contribution in [0, 0.1) is 0 Å². The highest BCUT2D eigenvalue weighted by atomic mass is 32.1. The molecule has 2 aliphatic rings. The normalized spacial score (nSPS) is 13.0. The highest BCUT2D eigenvalue weighted by Gasteiger charge is 2.49. The van der Waals surface area contributed by atoms with Crippen LogP contribution in [0.25, 0.3) is 98.6 Å². The van der Waals surface area contributed by atoms with Gasteiger partial charge in [0.05, 0.1) is 16.8 Å². The third-order valence-electron chi connectivity index (χ3n) is 13.1. The molecule has 288 valence electrons. The first-order chi connectivity index (χ1) is 30.7. The fourth-order valence-electron chi connectivity index (χ4n) is 10.4. The molecule has 1 spiro atoms. The minimum Gasteiger partial charge on any atom is -0.228 e. The summed E-state index contributed by atoms with van der Waals surface area (Å²) in [6, 6.07) is 79.9. The number of aromatic nitrogens is 2. The Morgan fingerprint density at radius 3 is 1.48 bits per heavy atom. The monoisotopic (exact) mass is 804 g/mol. The Morgan fingerprint density at radius 1 is 0.290 bits per heavy atom. The molecule has 2 aliphatic carbocycles. The molecule has 62 heavy (non-hydrogen) atoms. The van der Waals surface area contributed by atoms with Crippen LogP contribution in [0.3, 0.4) is 0 Å². The van der Waals surface area contributed by atoms with E-state index in [2.05, 4.69) is 218 Å². The number of benzene rings is 9. The average Bonchev–Trinajstić information content (AvgIpc) is 3.84. The highest BCUT2D eigenvalue weighted by Crippen LogP contribution is 2.61. The van der Waals surface area contributed by atoms with Crippen molar-refractivity contribution in [3.8, 4) is 78.4 Å². The van der Waals surface area contributed by atoms with Gasteiger partial charge in [0.1, 0.15) is 0 Å². The highest BCUT2D eigenvalue weighted by molar-refractivity contribution is 7.25. The van der Waals surface area contributed by atoms with E-state index in [1.54, 1.807) is 0 Å². The SMILES string of the molecule is c1ccc(-c2cccc(-c3cc(-c4ccc5c(c4)sc4ccccc45)nc(-c4ccc5c(c4)-c4ccccc4C54c5ccccc5-c5ccccc5-c5ccccc54)n3)c2)cc1. The third kappa shape index (κ3) is 5.16. The van der Waals surface area contributed by atoms with Crippen molar-refractivity contribution in [2.75, 3.05) is 0 Å². The molecule has 0 saturated heterocycles. The van der Waals surface area contributed by atoms with E-state index in [1.165, 1.54) is 81.4 Å². The van der Waals surface area contributed by atoms with Crippen LogP contribution in [-0.2, 0) is 5.41 Å². The maximum absolute atomic E-state index is 5.43. The van der Waals surface area contributed by atoms with Crippen LogP contribution >= 0.6 is 11.3 Å². The van der Waals surface area contributed by atoms with Gasteiger partial charge in [0.15, 0.2) is 5.82 Å². The summed E-state index contributed by atoms with van der Waals surface area (Å²) in [7, 11) is 0. The maximum Gasteiger partial charge on any atom is 0.160 e. The van der Waals surface area contributed by atoms with Crippen molar-refractivity contribution in [2.45, 2.75) is 5.41 Å². The van der Waals surface area contributed by atoms with Crippen molar-refractivity contribution < 1.29 is 0 Å². The zero-order valence-electron chi connectivity index (χ0n) is 33.6. The molecule has 11 aromatic rings. The lowest BCUT2D eigenvalue weighted by atomic mass is 9.66. The minimum absolute atomic E-state index is 0.540. The van der Waals surface area contributed by atoms with Gasteiger partial charge in [0.25, 0.3) is 0 Å². The van der Waals surface area contributed by atoms with Crippen LogP contribution in [0.1, 0.15) is 22.3 Å². The summed E-state index contributed by atoms with van der Waals surface area (Å²) in [5.41, 5.74) is 19.4. The van der Waals surface area contributed by atoms with Gasteiger partial charge >= 0.3 is 0 Å². The van der Waals surface area contributed by atoms with E-state index in [9.17, 15) is 0 Å². The first-order valence-corrected chi connectivity index (χ1v) is 22.0. The van der Waals surface area contributed by atoms with Crippen LogP contribution in [0.2, 0.25) is 0 Å². The Balaban J connectivity index is 1.04. The lowest BCUT2D eigenvalue weighted by Gasteiger charge is -2.35. The third-order valence-corrected chi connectivity index (χ3v) is 14.3. The minimum atomic E-state index is -0.540. The summed E-state index contributed by atoms with van der Waals surface area (Å²) in [6.07, 6.45) is 0. The van der Waals surface area contributed by atoms with Crippen LogP contribution in [0.4, 0.5) is 0 Å². The largest absolute Gasteiger partial charge is 0.228 e. The molecule has 0 amide bonds. The van der Waals surface area contributed by atoms with Crippen LogP contribution in [0.15, 0.2) is 218 Å². The number of hydrogen-bond donors (Lipinski definition) is 0.